The van der Waals surface area contributed by atoms with Crippen molar-refractivity contribution in [2.45, 2.75) is 38.5 Å². The molecule has 30 heavy (non-hydrogen) atoms. The normalized spacial score (nSPS) is 15.8. The highest BCUT2D eigenvalue weighted by atomic mass is 32.2. The van der Waals surface area contributed by atoms with Crippen LogP contribution in [0.1, 0.15) is 41.6 Å². The summed E-state index contributed by atoms with van der Waals surface area (Å²) in [4.78, 5) is 29.2. The second-order valence-corrected chi connectivity index (χ2v) is 8.56. The van der Waals surface area contributed by atoms with E-state index in [4.69, 9.17) is 0 Å². The van der Waals surface area contributed by atoms with Crippen molar-refractivity contribution in [3.63, 3.8) is 0 Å². The maximum Gasteiger partial charge on any atom is 0.251 e. The van der Waals surface area contributed by atoms with E-state index in [1.165, 1.54) is 11.8 Å². The number of thioether (sulfide) groups is 1. The molecule has 9 heteroatoms. The average molecular weight is 431 g/mol. The van der Waals surface area contributed by atoms with Crippen molar-refractivity contribution in [1.29, 1.82) is 0 Å². The van der Waals surface area contributed by atoms with Gasteiger partial charge < -0.3 is 19.7 Å². The van der Waals surface area contributed by atoms with Crippen LogP contribution in [0.3, 0.4) is 0 Å². The van der Waals surface area contributed by atoms with Gasteiger partial charge in [-0.3, -0.25) is 9.59 Å². The highest BCUT2D eigenvalue weighted by Crippen LogP contribution is 2.21. The summed E-state index contributed by atoms with van der Waals surface area (Å²) >= 11 is 1.40. The van der Waals surface area contributed by atoms with Crippen molar-refractivity contribution < 1.29 is 9.59 Å². The number of aryl methyl sites for hydroxylation is 1. The lowest BCUT2D eigenvalue weighted by Crippen LogP contribution is -2.47. The monoisotopic (exact) mass is 430 g/mol. The lowest BCUT2D eigenvalue weighted by molar-refractivity contribution is -0.129. The first-order valence-corrected chi connectivity index (χ1v) is 11.3. The summed E-state index contributed by atoms with van der Waals surface area (Å²) in [5.41, 5.74) is 1.66. The van der Waals surface area contributed by atoms with E-state index in [0.717, 1.165) is 31.7 Å². The third kappa shape index (κ3) is 5.40. The molecule has 1 fully saturated rings. The van der Waals surface area contributed by atoms with Gasteiger partial charge in [0.1, 0.15) is 0 Å². The Balaban J connectivity index is 1.61. The van der Waals surface area contributed by atoms with Crippen molar-refractivity contribution in [3.05, 3.63) is 41.2 Å². The molecule has 1 saturated heterocycles. The van der Waals surface area contributed by atoms with Crippen LogP contribution in [0.2, 0.25) is 0 Å². The molecule has 3 rings (SSSR count). The Hall–Kier alpha value is -2.39. The number of nitrogens with zero attached hydrogens (tertiary/aromatic N) is 5. The standard InChI is InChI=1S/C21H30N6O2S/c1-5-27-19(16(3)22-20(29)17-8-6-7-15(2)13-17)23-24-21(27)30-14-18(28)26-11-9-25(4)10-12-26/h6-8,13,16H,5,9-12,14H2,1-4H3,(H,22,29)/t16-/m0/s1. The molecule has 2 amide bonds. The van der Waals surface area contributed by atoms with E-state index in [1.54, 1.807) is 6.07 Å². The van der Waals surface area contributed by atoms with Gasteiger partial charge in [-0.1, -0.05) is 29.5 Å². The molecule has 1 aliphatic rings. The first kappa shape index (κ1) is 22.3. The van der Waals surface area contributed by atoms with E-state index in [0.29, 0.717) is 28.8 Å². The van der Waals surface area contributed by atoms with Gasteiger partial charge in [-0.15, -0.1) is 10.2 Å². The van der Waals surface area contributed by atoms with E-state index >= 15 is 0 Å². The number of aromatic nitrogens is 3. The van der Waals surface area contributed by atoms with Gasteiger partial charge >= 0.3 is 0 Å². The first-order valence-electron chi connectivity index (χ1n) is 10.3. The summed E-state index contributed by atoms with van der Waals surface area (Å²) in [5.74, 6) is 1.01. The Labute approximate surface area is 182 Å². The fourth-order valence-corrected chi connectivity index (χ4v) is 4.34. The van der Waals surface area contributed by atoms with Crippen LogP contribution in [0, 0.1) is 6.92 Å². The summed E-state index contributed by atoms with van der Waals surface area (Å²) in [6, 6.07) is 7.19. The molecule has 1 aromatic heterocycles. The molecule has 1 aromatic carbocycles. The Morgan fingerprint density at radius 2 is 1.93 bits per heavy atom. The van der Waals surface area contributed by atoms with Gasteiger partial charge in [0.25, 0.3) is 5.91 Å². The number of carbonyl (C=O) groups excluding carboxylic acids is 2. The molecule has 0 unspecified atom stereocenters. The quantitative estimate of drug-likeness (QED) is 0.676. The fourth-order valence-electron chi connectivity index (χ4n) is 3.43. The molecule has 0 spiro atoms. The minimum absolute atomic E-state index is 0.126. The number of piperazine rings is 1. The minimum Gasteiger partial charge on any atom is -0.342 e. The topological polar surface area (TPSA) is 83.4 Å². The molecule has 0 saturated carbocycles. The molecule has 1 N–H and O–H groups in total. The Bertz CT molecular complexity index is 891. The molecule has 0 radical (unpaired) electrons. The average Bonchev–Trinajstić information content (AvgIpc) is 3.15. The van der Waals surface area contributed by atoms with Crippen LogP contribution in [0.4, 0.5) is 0 Å². The maximum atomic E-state index is 12.6. The number of nitrogens with one attached hydrogen (secondary N) is 1. The predicted octanol–water partition coefficient (Wildman–Crippen LogP) is 1.96. The molecule has 162 valence electrons. The molecule has 2 heterocycles. The second-order valence-electron chi connectivity index (χ2n) is 7.62. The zero-order valence-electron chi connectivity index (χ0n) is 18.1. The number of benzene rings is 1. The third-order valence-electron chi connectivity index (χ3n) is 5.26. The van der Waals surface area contributed by atoms with E-state index in [9.17, 15) is 9.59 Å². The fraction of sp³-hybridized carbons (Fsp3) is 0.524. The highest BCUT2D eigenvalue weighted by Gasteiger charge is 2.22. The smallest absolute Gasteiger partial charge is 0.251 e. The largest absolute Gasteiger partial charge is 0.342 e. The summed E-state index contributed by atoms with van der Waals surface area (Å²) in [7, 11) is 2.07. The number of rotatable bonds is 7. The number of likely N-dealkylation sites (N-methyl/N-ethyl adjacent to an activating group) is 1. The molecule has 0 bridgehead atoms. The lowest BCUT2D eigenvalue weighted by Gasteiger charge is -2.32. The van der Waals surface area contributed by atoms with Gasteiger partial charge in [-0.25, -0.2) is 0 Å². The van der Waals surface area contributed by atoms with Crippen molar-refractivity contribution in [1.82, 2.24) is 29.9 Å². The predicted molar refractivity (Wildman–Crippen MR) is 118 cm³/mol. The van der Waals surface area contributed by atoms with Crippen LogP contribution in [0.15, 0.2) is 29.4 Å². The van der Waals surface area contributed by atoms with E-state index in [2.05, 4.69) is 27.5 Å². The minimum atomic E-state index is -0.298. The van der Waals surface area contributed by atoms with Crippen LogP contribution >= 0.6 is 11.8 Å². The maximum absolute atomic E-state index is 12.6. The summed E-state index contributed by atoms with van der Waals surface area (Å²) < 4.78 is 1.96. The molecule has 2 aromatic rings. The van der Waals surface area contributed by atoms with Crippen molar-refractivity contribution in [2.24, 2.45) is 0 Å². The number of carbonyl (C=O) groups is 2. The van der Waals surface area contributed by atoms with E-state index < -0.39 is 0 Å². The Morgan fingerprint density at radius 1 is 1.20 bits per heavy atom. The first-order chi connectivity index (χ1) is 14.4. The molecular formula is C21H30N6O2S. The molecule has 1 aliphatic heterocycles. The van der Waals surface area contributed by atoms with E-state index in [-0.39, 0.29) is 17.9 Å². The Morgan fingerprint density at radius 3 is 2.60 bits per heavy atom. The SMILES string of the molecule is CCn1c(SCC(=O)N2CCN(C)CC2)nnc1[C@H](C)NC(=O)c1cccc(C)c1. The second kappa shape index (κ2) is 10.1. The highest BCUT2D eigenvalue weighted by molar-refractivity contribution is 7.99. The molecule has 1 atom stereocenters. The van der Waals surface area contributed by atoms with Gasteiger partial charge in [-0.05, 0) is 40.0 Å². The van der Waals surface area contributed by atoms with Gasteiger partial charge in [0.05, 0.1) is 11.8 Å². The third-order valence-corrected chi connectivity index (χ3v) is 6.21. The zero-order chi connectivity index (χ0) is 21.7. The van der Waals surface area contributed by atoms with Crippen LogP contribution in [-0.4, -0.2) is 75.4 Å². The molecular weight excluding hydrogens is 400 g/mol. The van der Waals surface area contributed by atoms with Gasteiger partial charge in [0.15, 0.2) is 11.0 Å². The van der Waals surface area contributed by atoms with Crippen molar-refractivity contribution in [3.8, 4) is 0 Å². The number of hydrogen-bond acceptors (Lipinski definition) is 6. The van der Waals surface area contributed by atoms with Crippen LogP contribution in [0.5, 0.6) is 0 Å². The van der Waals surface area contributed by atoms with Gasteiger partial charge in [-0.2, -0.15) is 0 Å². The summed E-state index contributed by atoms with van der Waals surface area (Å²) in [6.45, 7) is 9.88. The lowest BCUT2D eigenvalue weighted by atomic mass is 10.1. The van der Waals surface area contributed by atoms with Gasteiger partial charge in [0.2, 0.25) is 5.91 Å². The summed E-state index contributed by atoms with van der Waals surface area (Å²) in [6.07, 6.45) is 0. The number of amides is 2. The Kier molecular flexibility index (Phi) is 7.49. The van der Waals surface area contributed by atoms with Crippen molar-refractivity contribution in [2.75, 3.05) is 39.0 Å². The number of hydrogen-bond donors (Lipinski definition) is 1. The molecule has 0 aliphatic carbocycles. The van der Waals surface area contributed by atoms with Gasteiger partial charge in [0, 0.05) is 38.3 Å². The van der Waals surface area contributed by atoms with Crippen LogP contribution < -0.4 is 5.32 Å². The van der Waals surface area contributed by atoms with Crippen LogP contribution in [0.25, 0.3) is 0 Å². The molecule has 8 nitrogen and oxygen atoms in total. The summed E-state index contributed by atoms with van der Waals surface area (Å²) in [5, 5.41) is 12.3. The van der Waals surface area contributed by atoms with Crippen LogP contribution in [-0.2, 0) is 11.3 Å². The van der Waals surface area contributed by atoms with Crippen molar-refractivity contribution >= 4 is 23.6 Å². The zero-order valence-corrected chi connectivity index (χ0v) is 18.9. The van der Waals surface area contributed by atoms with E-state index in [1.807, 2.05) is 48.4 Å².